The Morgan fingerprint density at radius 2 is 1.78 bits per heavy atom. The number of piperidine rings is 1. The molecule has 2 aromatic carbocycles. The van der Waals surface area contributed by atoms with Gasteiger partial charge in [0.2, 0.25) is 5.91 Å². The molecule has 170 valence electrons. The van der Waals surface area contributed by atoms with Crippen molar-refractivity contribution >= 4 is 29.1 Å². The van der Waals surface area contributed by atoms with E-state index in [2.05, 4.69) is 5.32 Å². The lowest BCUT2D eigenvalue weighted by atomic mass is 9.96. The predicted octanol–water partition coefficient (Wildman–Crippen LogP) is 4.11. The Morgan fingerprint density at radius 3 is 2.53 bits per heavy atom. The molecule has 5 nitrogen and oxygen atoms in total. The van der Waals surface area contributed by atoms with Gasteiger partial charge in [-0.05, 0) is 61.6 Å². The fraction of sp³-hybridized carbons (Fsp3) is 0.417. The van der Waals surface area contributed by atoms with Crippen molar-refractivity contribution in [2.75, 3.05) is 37.6 Å². The van der Waals surface area contributed by atoms with Crippen LogP contribution < -0.4 is 10.2 Å². The highest BCUT2D eigenvalue weighted by Crippen LogP contribution is 2.25. The number of hydrogen-bond acceptors (Lipinski definition) is 3. The first-order valence-corrected chi connectivity index (χ1v) is 11.3. The molecule has 0 aromatic heterocycles. The van der Waals surface area contributed by atoms with Gasteiger partial charge in [0.25, 0.3) is 5.91 Å². The van der Waals surface area contributed by atoms with Gasteiger partial charge in [-0.15, -0.1) is 0 Å². The SMILES string of the molecule is O=C(NCC1CCN(c2ccc(F)c(F)c2)C1)C1CCCN(C(=O)c2ccc(Cl)cc2)C1. The molecular formula is C24H26ClF2N3O2. The molecule has 2 atom stereocenters. The molecule has 2 saturated heterocycles. The summed E-state index contributed by atoms with van der Waals surface area (Å²) < 4.78 is 26.7. The van der Waals surface area contributed by atoms with Crippen LogP contribution in [0.15, 0.2) is 42.5 Å². The third-order valence-corrected chi connectivity index (χ3v) is 6.54. The average molecular weight is 462 g/mol. The van der Waals surface area contributed by atoms with Crippen molar-refractivity contribution in [3.63, 3.8) is 0 Å². The van der Waals surface area contributed by atoms with E-state index in [1.165, 1.54) is 6.07 Å². The Kier molecular flexibility index (Phi) is 6.94. The Morgan fingerprint density at radius 1 is 1.00 bits per heavy atom. The van der Waals surface area contributed by atoms with Crippen molar-refractivity contribution in [1.82, 2.24) is 10.2 Å². The van der Waals surface area contributed by atoms with Gasteiger partial charge in [0.1, 0.15) is 0 Å². The molecule has 0 spiro atoms. The number of likely N-dealkylation sites (tertiary alicyclic amines) is 1. The molecule has 2 aliphatic heterocycles. The summed E-state index contributed by atoms with van der Waals surface area (Å²) in [6.07, 6.45) is 2.40. The third kappa shape index (κ3) is 5.21. The lowest BCUT2D eigenvalue weighted by Crippen LogP contribution is -2.46. The molecular weight excluding hydrogens is 436 g/mol. The molecule has 32 heavy (non-hydrogen) atoms. The van der Waals surface area contributed by atoms with E-state index in [1.54, 1.807) is 35.2 Å². The van der Waals surface area contributed by atoms with E-state index in [4.69, 9.17) is 11.6 Å². The van der Waals surface area contributed by atoms with E-state index < -0.39 is 11.6 Å². The number of rotatable bonds is 5. The van der Waals surface area contributed by atoms with Crippen LogP contribution in [-0.2, 0) is 4.79 Å². The summed E-state index contributed by atoms with van der Waals surface area (Å²) in [6, 6.07) is 10.7. The van der Waals surface area contributed by atoms with Crippen molar-refractivity contribution in [1.29, 1.82) is 0 Å². The van der Waals surface area contributed by atoms with E-state index in [0.717, 1.165) is 31.9 Å². The Hall–Kier alpha value is -2.67. The smallest absolute Gasteiger partial charge is 0.253 e. The van der Waals surface area contributed by atoms with Gasteiger partial charge in [-0.25, -0.2) is 8.78 Å². The standard InChI is InChI=1S/C24H26ClF2N3O2/c25-19-5-3-17(4-6-19)24(32)30-10-1-2-18(15-30)23(31)28-13-16-9-11-29(14-16)20-7-8-21(26)22(27)12-20/h3-8,12,16,18H,1-2,9-11,13-15H2,(H,28,31). The normalized spacial score (nSPS) is 21.0. The topological polar surface area (TPSA) is 52.7 Å². The van der Waals surface area contributed by atoms with Gasteiger partial charge in [-0.3, -0.25) is 9.59 Å². The number of amides is 2. The number of carbonyl (C=O) groups excluding carboxylic acids is 2. The van der Waals surface area contributed by atoms with Crippen LogP contribution in [0.4, 0.5) is 14.5 Å². The Bertz CT molecular complexity index is 986. The van der Waals surface area contributed by atoms with Gasteiger partial charge in [-0.2, -0.15) is 0 Å². The van der Waals surface area contributed by atoms with Gasteiger partial charge < -0.3 is 15.1 Å². The monoisotopic (exact) mass is 461 g/mol. The fourth-order valence-electron chi connectivity index (χ4n) is 4.46. The highest BCUT2D eigenvalue weighted by molar-refractivity contribution is 6.30. The minimum Gasteiger partial charge on any atom is -0.371 e. The molecule has 0 bridgehead atoms. The summed E-state index contributed by atoms with van der Waals surface area (Å²) >= 11 is 5.90. The summed E-state index contributed by atoms with van der Waals surface area (Å²) in [7, 11) is 0. The number of carbonyl (C=O) groups is 2. The van der Waals surface area contributed by atoms with Crippen LogP contribution >= 0.6 is 11.6 Å². The van der Waals surface area contributed by atoms with E-state index in [1.807, 2.05) is 4.90 Å². The van der Waals surface area contributed by atoms with Crippen molar-refractivity contribution in [2.45, 2.75) is 19.3 Å². The molecule has 0 radical (unpaired) electrons. The summed E-state index contributed by atoms with van der Waals surface area (Å²) in [4.78, 5) is 29.3. The van der Waals surface area contributed by atoms with Crippen LogP contribution in [0.3, 0.4) is 0 Å². The summed E-state index contributed by atoms with van der Waals surface area (Å²) in [5.41, 5.74) is 1.22. The second-order valence-corrected chi connectivity index (χ2v) is 8.98. The van der Waals surface area contributed by atoms with E-state index in [0.29, 0.717) is 42.5 Å². The molecule has 4 rings (SSSR count). The largest absolute Gasteiger partial charge is 0.371 e. The Balaban J connectivity index is 1.27. The van der Waals surface area contributed by atoms with Crippen molar-refractivity contribution in [3.05, 3.63) is 64.7 Å². The molecule has 8 heteroatoms. The number of nitrogens with zero attached hydrogens (tertiary/aromatic N) is 2. The van der Waals surface area contributed by atoms with Crippen molar-refractivity contribution < 1.29 is 18.4 Å². The van der Waals surface area contributed by atoms with Crippen LogP contribution in [0.1, 0.15) is 29.6 Å². The van der Waals surface area contributed by atoms with Crippen LogP contribution in [0.2, 0.25) is 5.02 Å². The lowest BCUT2D eigenvalue weighted by Gasteiger charge is -2.32. The summed E-state index contributed by atoms with van der Waals surface area (Å²) in [5.74, 6) is -1.82. The maximum atomic E-state index is 13.5. The molecule has 2 unspecified atom stereocenters. The third-order valence-electron chi connectivity index (χ3n) is 6.29. The summed E-state index contributed by atoms with van der Waals surface area (Å²) in [5, 5.41) is 3.61. The zero-order valence-corrected chi connectivity index (χ0v) is 18.5. The molecule has 0 saturated carbocycles. The number of nitrogens with one attached hydrogen (secondary N) is 1. The zero-order valence-electron chi connectivity index (χ0n) is 17.7. The molecule has 2 amide bonds. The first kappa shape index (κ1) is 22.5. The lowest BCUT2D eigenvalue weighted by molar-refractivity contribution is -0.126. The second kappa shape index (κ2) is 9.86. The van der Waals surface area contributed by atoms with Crippen LogP contribution in [0.5, 0.6) is 0 Å². The predicted molar refractivity (Wildman–Crippen MR) is 120 cm³/mol. The second-order valence-electron chi connectivity index (χ2n) is 8.54. The first-order chi connectivity index (χ1) is 15.4. The number of hydrogen-bond donors (Lipinski definition) is 1. The number of halogens is 3. The van der Waals surface area contributed by atoms with Gasteiger partial charge in [0, 0.05) is 55.1 Å². The molecule has 1 N–H and O–H groups in total. The number of benzene rings is 2. The van der Waals surface area contributed by atoms with Gasteiger partial charge in [0.05, 0.1) is 5.92 Å². The minimum absolute atomic E-state index is 0.0371. The van der Waals surface area contributed by atoms with Crippen molar-refractivity contribution in [3.8, 4) is 0 Å². The van der Waals surface area contributed by atoms with Gasteiger partial charge in [-0.1, -0.05) is 11.6 Å². The molecule has 2 fully saturated rings. The summed E-state index contributed by atoms with van der Waals surface area (Å²) in [6.45, 7) is 2.98. The quantitative estimate of drug-likeness (QED) is 0.729. The first-order valence-electron chi connectivity index (χ1n) is 10.9. The molecule has 2 aromatic rings. The maximum absolute atomic E-state index is 13.5. The van der Waals surface area contributed by atoms with E-state index in [9.17, 15) is 18.4 Å². The molecule has 2 aliphatic rings. The van der Waals surface area contributed by atoms with Crippen molar-refractivity contribution in [2.24, 2.45) is 11.8 Å². The molecule has 2 heterocycles. The van der Waals surface area contributed by atoms with E-state index in [-0.39, 0.29) is 23.7 Å². The van der Waals surface area contributed by atoms with Crippen LogP contribution in [0, 0.1) is 23.5 Å². The van der Waals surface area contributed by atoms with Gasteiger partial charge in [0.15, 0.2) is 11.6 Å². The van der Waals surface area contributed by atoms with Crippen LogP contribution in [-0.4, -0.2) is 49.4 Å². The zero-order chi connectivity index (χ0) is 22.7. The fourth-order valence-corrected chi connectivity index (χ4v) is 4.58. The number of anilines is 1. The average Bonchev–Trinajstić information content (AvgIpc) is 3.28. The van der Waals surface area contributed by atoms with Gasteiger partial charge >= 0.3 is 0 Å². The molecule has 0 aliphatic carbocycles. The minimum atomic E-state index is -0.854. The van der Waals surface area contributed by atoms with E-state index >= 15 is 0 Å². The highest BCUT2D eigenvalue weighted by atomic mass is 35.5. The maximum Gasteiger partial charge on any atom is 0.253 e. The highest BCUT2D eigenvalue weighted by Gasteiger charge is 2.30. The van der Waals surface area contributed by atoms with Crippen LogP contribution in [0.25, 0.3) is 0 Å². The Labute approximate surface area is 191 Å².